The van der Waals surface area contributed by atoms with E-state index in [0.717, 1.165) is 9.23 Å². The van der Waals surface area contributed by atoms with Crippen LogP contribution in [0.5, 0.6) is 0 Å². The van der Waals surface area contributed by atoms with E-state index in [1.54, 1.807) is 4.90 Å². The predicted molar refractivity (Wildman–Crippen MR) is 101 cm³/mol. The van der Waals surface area contributed by atoms with Crippen molar-refractivity contribution >= 4 is 34.2 Å². The molecule has 1 saturated heterocycles. The van der Waals surface area contributed by atoms with Crippen LogP contribution in [-0.2, 0) is 4.79 Å². The Bertz CT molecular complexity index is 461. The van der Waals surface area contributed by atoms with E-state index in [2.05, 4.69) is 11.1 Å². The van der Waals surface area contributed by atoms with Crippen LogP contribution in [0.1, 0.15) is 71.1 Å². The predicted octanol–water partition coefficient (Wildman–Crippen LogP) is 4.68. The molecule has 23 heavy (non-hydrogen) atoms. The Hall–Kier alpha value is -0.550. The van der Waals surface area contributed by atoms with E-state index in [0.29, 0.717) is 18.6 Å². The van der Waals surface area contributed by atoms with Crippen LogP contribution in [0.2, 0.25) is 0 Å². The molecular weight excluding hydrogens is 324 g/mol. The summed E-state index contributed by atoms with van der Waals surface area (Å²) in [6.45, 7) is 2.67. The fourth-order valence-electron chi connectivity index (χ4n) is 4.17. The molecule has 2 aliphatic carbocycles. The summed E-state index contributed by atoms with van der Waals surface area (Å²) in [4.78, 5) is 17.7. The van der Waals surface area contributed by atoms with Crippen molar-refractivity contribution in [2.24, 2.45) is 0 Å². The first kappa shape index (κ1) is 17.3. The second kappa shape index (κ2) is 8.02. The highest BCUT2D eigenvalue weighted by atomic mass is 32.2. The number of amides is 1. The maximum atomic E-state index is 12.6. The highest BCUT2D eigenvalue weighted by Gasteiger charge is 2.34. The fourth-order valence-corrected chi connectivity index (χ4v) is 5.53. The molecule has 3 fully saturated rings. The molecule has 0 spiro atoms. The van der Waals surface area contributed by atoms with Crippen LogP contribution in [0, 0.1) is 0 Å². The van der Waals surface area contributed by atoms with Gasteiger partial charge in [0.15, 0.2) is 0 Å². The van der Waals surface area contributed by atoms with Crippen LogP contribution in [0.15, 0.2) is 11.1 Å². The van der Waals surface area contributed by atoms with Crippen molar-refractivity contribution in [3.63, 3.8) is 0 Å². The zero-order valence-corrected chi connectivity index (χ0v) is 15.8. The van der Waals surface area contributed by atoms with Gasteiger partial charge in [0.25, 0.3) is 5.91 Å². The molecule has 0 aromatic carbocycles. The monoisotopic (exact) mass is 352 g/mol. The zero-order chi connectivity index (χ0) is 16.2. The highest BCUT2D eigenvalue weighted by molar-refractivity contribution is 8.26. The summed E-state index contributed by atoms with van der Waals surface area (Å²) in [5.41, 5.74) is 0. The molecule has 3 rings (SSSR count). The van der Waals surface area contributed by atoms with E-state index >= 15 is 0 Å². The number of hydrogen-bond donors (Lipinski definition) is 0. The third-order valence-corrected chi connectivity index (χ3v) is 6.81. The molecule has 0 N–H and O–H groups in total. The Balaban J connectivity index is 1.81. The lowest BCUT2D eigenvalue weighted by atomic mass is 9.89. The largest absolute Gasteiger partial charge is 0.370 e. The van der Waals surface area contributed by atoms with E-state index in [1.807, 2.05) is 6.92 Å². The second-order valence-corrected chi connectivity index (χ2v) is 8.62. The minimum Gasteiger partial charge on any atom is -0.370 e. The topological polar surface area (TPSA) is 23.6 Å². The molecule has 0 unspecified atom stereocenters. The van der Waals surface area contributed by atoms with Crippen LogP contribution in [0.4, 0.5) is 0 Å². The van der Waals surface area contributed by atoms with Crippen molar-refractivity contribution < 1.29 is 4.79 Å². The molecule has 0 atom stereocenters. The molecule has 128 valence electrons. The number of likely N-dealkylation sites (N-methyl/N-ethyl adjacent to an activating group) is 1. The van der Waals surface area contributed by atoms with E-state index < -0.39 is 0 Å². The first-order valence-electron chi connectivity index (χ1n) is 9.23. The number of carbonyl (C=O) groups is 1. The summed E-state index contributed by atoms with van der Waals surface area (Å²) in [7, 11) is 0. The summed E-state index contributed by atoms with van der Waals surface area (Å²) in [5.74, 6) is 0.110. The van der Waals surface area contributed by atoms with Gasteiger partial charge in [0, 0.05) is 24.8 Å². The Labute approximate surface area is 149 Å². The van der Waals surface area contributed by atoms with Crippen LogP contribution in [-0.4, -0.2) is 38.7 Å². The zero-order valence-electron chi connectivity index (χ0n) is 14.1. The molecular formula is C18H28N2OS2. The fraction of sp³-hybridized carbons (Fsp3) is 0.778. The van der Waals surface area contributed by atoms with Gasteiger partial charge in [0.2, 0.25) is 0 Å². The average Bonchev–Trinajstić information content (AvgIpc) is 2.87. The second-order valence-electron chi connectivity index (χ2n) is 6.94. The average molecular weight is 353 g/mol. The number of thioether (sulfide) groups is 1. The molecule has 3 aliphatic rings. The minimum absolute atomic E-state index is 0.110. The summed E-state index contributed by atoms with van der Waals surface area (Å²) in [5, 5.41) is 0. The van der Waals surface area contributed by atoms with Gasteiger partial charge in [0.1, 0.15) is 4.32 Å². The van der Waals surface area contributed by atoms with Gasteiger partial charge in [-0.15, -0.1) is 0 Å². The minimum atomic E-state index is 0.110. The Morgan fingerprint density at radius 3 is 2.04 bits per heavy atom. The Morgan fingerprint density at radius 1 is 1.09 bits per heavy atom. The van der Waals surface area contributed by atoms with E-state index in [-0.39, 0.29) is 5.91 Å². The van der Waals surface area contributed by atoms with Crippen molar-refractivity contribution in [2.75, 3.05) is 6.54 Å². The van der Waals surface area contributed by atoms with Crippen LogP contribution in [0.25, 0.3) is 0 Å². The van der Waals surface area contributed by atoms with Crippen molar-refractivity contribution in [1.82, 2.24) is 9.80 Å². The number of rotatable bonds is 4. The molecule has 0 aromatic heterocycles. The highest BCUT2D eigenvalue weighted by Crippen LogP contribution is 2.35. The van der Waals surface area contributed by atoms with Crippen LogP contribution < -0.4 is 0 Å². The van der Waals surface area contributed by atoms with Gasteiger partial charge in [-0.2, -0.15) is 0 Å². The molecule has 0 radical (unpaired) electrons. The van der Waals surface area contributed by atoms with Gasteiger partial charge in [0.05, 0.1) is 4.91 Å². The first-order valence-corrected chi connectivity index (χ1v) is 10.5. The van der Waals surface area contributed by atoms with Crippen LogP contribution in [0.3, 0.4) is 0 Å². The Kier molecular flexibility index (Phi) is 6.02. The van der Waals surface area contributed by atoms with Crippen molar-refractivity contribution in [2.45, 2.75) is 83.2 Å². The molecule has 1 aliphatic heterocycles. The van der Waals surface area contributed by atoms with E-state index in [1.165, 1.54) is 76.0 Å². The van der Waals surface area contributed by atoms with Gasteiger partial charge in [-0.3, -0.25) is 9.69 Å². The standard InChI is InChI=1S/C18H28N2OS2/c1-2-19-17(21)16(23-18(19)22)13-20(14-9-5-3-6-10-14)15-11-7-4-8-12-15/h13-15H,2-12H2,1H3/b16-13-. The first-order chi connectivity index (χ1) is 11.2. The van der Waals surface area contributed by atoms with Gasteiger partial charge in [-0.05, 0) is 32.6 Å². The summed E-state index contributed by atoms with van der Waals surface area (Å²) < 4.78 is 0.719. The van der Waals surface area contributed by atoms with Gasteiger partial charge >= 0.3 is 0 Å². The van der Waals surface area contributed by atoms with E-state index in [4.69, 9.17) is 12.2 Å². The summed E-state index contributed by atoms with van der Waals surface area (Å²) in [6.07, 6.45) is 15.4. The number of nitrogens with zero attached hydrogens (tertiary/aromatic N) is 2. The van der Waals surface area contributed by atoms with Gasteiger partial charge < -0.3 is 4.90 Å². The molecule has 1 amide bonds. The van der Waals surface area contributed by atoms with Gasteiger partial charge in [-0.25, -0.2) is 0 Å². The van der Waals surface area contributed by atoms with Crippen LogP contribution >= 0.6 is 24.0 Å². The summed E-state index contributed by atoms with van der Waals surface area (Å²) in [6, 6.07) is 1.24. The molecule has 1 heterocycles. The van der Waals surface area contributed by atoms with E-state index in [9.17, 15) is 4.79 Å². The third kappa shape index (κ3) is 3.93. The lowest BCUT2D eigenvalue weighted by molar-refractivity contribution is -0.122. The third-order valence-electron chi connectivity index (χ3n) is 5.45. The maximum absolute atomic E-state index is 12.6. The Morgan fingerprint density at radius 2 is 1.61 bits per heavy atom. The SMILES string of the molecule is CCN1C(=O)/C(=C/N(C2CCCCC2)C2CCCCC2)SC1=S. The maximum Gasteiger partial charge on any atom is 0.267 e. The molecule has 0 bridgehead atoms. The van der Waals surface area contributed by atoms with Gasteiger partial charge in [-0.1, -0.05) is 62.5 Å². The lowest BCUT2D eigenvalue weighted by Crippen LogP contribution is -2.42. The van der Waals surface area contributed by atoms with Crippen molar-refractivity contribution in [3.8, 4) is 0 Å². The normalized spacial score (nSPS) is 26.3. The smallest absolute Gasteiger partial charge is 0.267 e. The lowest BCUT2D eigenvalue weighted by Gasteiger charge is -2.41. The molecule has 2 saturated carbocycles. The number of hydrogen-bond acceptors (Lipinski definition) is 4. The molecule has 3 nitrogen and oxygen atoms in total. The number of carbonyl (C=O) groups excluding carboxylic acids is 1. The van der Waals surface area contributed by atoms with Crippen molar-refractivity contribution in [1.29, 1.82) is 0 Å². The van der Waals surface area contributed by atoms with Crippen molar-refractivity contribution in [3.05, 3.63) is 11.1 Å². The summed E-state index contributed by atoms with van der Waals surface area (Å²) >= 11 is 6.86. The molecule has 5 heteroatoms. The molecule has 0 aromatic rings. The number of thiocarbonyl (C=S) groups is 1. The quantitative estimate of drug-likeness (QED) is 0.541.